The standard InChI is InChI=1S/C13H9NO3/c1-17-13(16)9-4-2-8-3-5-10(7-14)12(15)11(8)6-9/h2-6,15H,1H3. The van der Waals surface area contributed by atoms with Crippen molar-refractivity contribution < 1.29 is 14.6 Å². The molecule has 2 aromatic rings. The molecule has 0 aliphatic heterocycles. The SMILES string of the molecule is COC(=O)c1ccc2ccc(C#N)c(O)c2c1. The number of nitriles is 1. The molecule has 0 saturated carbocycles. The van der Waals surface area contributed by atoms with Crippen LogP contribution in [0.3, 0.4) is 0 Å². The van der Waals surface area contributed by atoms with Crippen LogP contribution >= 0.6 is 0 Å². The summed E-state index contributed by atoms with van der Waals surface area (Å²) in [5.41, 5.74) is 0.518. The maximum absolute atomic E-state index is 11.4. The first-order valence-electron chi connectivity index (χ1n) is 4.91. The number of fused-ring (bicyclic) bond motifs is 1. The first kappa shape index (κ1) is 11.0. The Labute approximate surface area is 97.7 Å². The van der Waals surface area contributed by atoms with Crippen molar-refractivity contribution in [3.05, 3.63) is 41.5 Å². The van der Waals surface area contributed by atoms with Crippen LogP contribution in [0.5, 0.6) is 5.75 Å². The van der Waals surface area contributed by atoms with E-state index in [1.54, 1.807) is 18.2 Å². The van der Waals surface area contributed by atoms with Crippen LogP contribution < -0.4 is 0 Å². The second-order valence-corrected chi connectivity index (χ2v) is 3.50. The summed E-state index contributed by atoms with van der Waals surface area (Å²) in [5.74, 6) is -0.593. The Morgan fingerprint density at radius 3 is 2.71 bits per heavy atom. The molecule has 0 aromatic heterocycles. The van der Waals surface area contributed by atoms with Crippen LogP contribution in [-0.4, -0.2) is 18.2 Å². The van der Waals surface area contributed by atoms with Gasteiger partial charge in [0.2, 0.25) is 0 Å². The Morgan fingerprint density at radius 2 is 2.06 bits per heavy atom. The lowest BCUT2D eigenvalue weighted by Gasteiger charge is -2.05. The minimum absolute atomic E-state index is 0.115. The number of nitrogens with zero attached hydrogens (tertiary/aromatic N) is 1. The Balaban J connectivity index is 2.71. The second kappa shape index (κ2) is 4.14. The zero-order valence-corrected chi connectivity index (χ0v) is 9.10. The van der Waals surface area contributed by atoms with E-state index in [1.807, 2.05) is 6.07 Å². The third kappa shape index (κ3) is 1.79. The highest BCUT2D eigenvalue weighted by Gasteiger charge is 2.10. The monoisotopic (exact) mass is 227 g/mol. The van der Waals surface area contributed by atoms with Crippen molar-refractivity contribution in [2.24, 2.45) is 0 Å². The van der Waals surface area contributed by atoms with E-state index < -0.39 is 5.97 Å². The molecule has 0 aliphatic rings. The fourth-order valence-corrected chi connectivity index (χ4v) is 1.64. The molecule has 0 fully saturated rings. The van der Waals surface area contributed by atoms with E-state index in [0.29, 0.717) is 10.9 Å². The fraction of sp³-hybridized carbons (Fsp3) is 0.0769. The van der Waals surface area contributed by atoms with Gasteiger partial charge in [-0.05, 0) is 23.6 Å². The number of ether oxygens (including phenoxy) is 1. The Bertz CT molecular complexity index is 641. The number of carbonyl (C=O) groups is 1. The van der Waals surface area contributed by atoms with Gasteiger partial charge in [-0.3, -0.25) is 0 Å². The summed E-state index contributed by atoms with van der Waals surface area (Å²) in [4.78, 5) is 11.4. The number of methoxy groups -OCH3 is 1. The second-order valence-electron chi connectivity index (χ2n) is 3.50. The van der Waals surface area contributed by atoms with E-state index in [-0.39, 0.29) is 11.3 Å². The highest BCUT2D eigenvalue weighted by atomic mass is 16.5. The smallest absolute Gasteiger partial charge is 0.337 e. The number of phenols is 1. The third-order valence-corrected chi connectivity index (χ3v) is 2.53. The molecule has 2 aromatic carbocycles. The molecule has 0 amide bonds. The number of esters is 1. The summed E-state index contributed by atoms with van der Waals surface area (Å²) in [5, 5.41) is 19.9. The van der Waals surface area contributed by atoms with Crippen LogP contribution in [0.1, 0.15) is 15.9 Å². The van der Waals surface area contributed by atoms with Gasteiger partial charge >= 0.3 is 5.97 Å². The van der Waals surface area contributed by atoms with E-state index in [2.05, 4.69) is 4.74 Å². The van der Waals surface area contributed by atoms with Gasteiger partial charge in [0, 0.05) is 5.39 Å². The van der Waals surface area contributed by atoms with Crippen molar-refractivity contribution >= 4 is 16.7 Å². The largest absolute Gasteiger partial charge is 0.506 e. The van der Waals surface area contributed by atoms with Crippen LogP contribution in [0.25, 0.3) is 10.8 Å². The molecular weight excluding hydrogens is 218 g/mol. The Kier molecular flexibility index (Phi) is 2.67. The molecule has 0 bridgehead atoms. The van der Waals surface area contributed by atoms with Gasteiger partial charge < -0.3 is 9.84 Å². The van der Waals surface area contributed by atoms with Crippen LogP contribution in [0.4, 0.5) is 0 Å². The van der Waals surface area contributed by atoms with Crippen LogP contribution in [0.2, 0.25) is 0 Å². The average molecular weight is 227 g/mol. The summed E-state index contributed by atoms with van der Waals surface area (Å²) in [6.07, 6.45) is 0. The predicted molar refractivity (Wildman–Crippen MR) is 61.7 cm³/mol. The van der Waals surface area contributed by atoms with E-state index >= 15 is 0 Å². The maximum Gasteiger partial charge on any atom is 0.337 e. The number of carbonyl (C=O) groups excluding carboxylic acids is 1. The minimum atomic E-state index is -0.478. The van der Waals surface area contributed by atoms with Gasteiger partial charge in [-0.25, -0.2) is 4.79 Å². The Morgan fingerprint density at radius 1 is 1.35 bits per heavy atom. The van der Waals surface area contributed by atoms with Crippen molar-refractivity contribution in [3.63, 3.8) is 0 Å². The lowest BCUT2D eigenvalue weighted by atomic mass is 10.0. The molecule has 4 nitrogen and oxygen atoms in total. The summed E-state index contributed by atoms with van der Waals surface area (Å²) >= 11 is 0. The summed E-state index contributed by atoms with van der Waals surface area (Å²) in [6, 6.07) is 9.96. The number of phenolic OH excluding ortho intramolecular Hbond substituents is 1. The van der Waals surface area contributed by atoms with E-state index in [4.69, 9.17) is 5.26 Å². The molecule has 0 radical (unpaired) electrons. The van der Waals surface area contributed by atoms with Crippen LogP contribution in [0.15, 0.2) is 30.3 Å². The molecular formula is C13H9NO3. The van der Waals surface area contributed by atoms with Gasteiger partial charge in [0.25, 0.3) is 0 Å². The molecule has 2 rings (SSSR count). The molecule has 0 spiro atoms. The number of benzene rings is 2. The molecule has 0 unspecified atom stereocenters. The molecule has 4 heteroatoms. The van der Waals surface area contributed by atoms with Gasteiger partial charge in [-0.15, -0.1) is 0 Å². The minimum Gasteiger partial charge on any atom is -0.506 e. The summed E-state index contributed by atoms with van der Waals surface area (Å²) in [6.45, 7) is 0. The molecule has 17 heavy (non-hydrogen) atoms. The maximum atomic E-state index is 11.4. The highest BCUT2D eigenvalue weighted by molar-refractivity contribution is 5.98. The van der Waals surface area contributed by atoms with Gasteiger partial charge in [-0.1, -0.05) is 12.1 Å². The summed E-state index contributed by atoms with van der Waals surface area (Å²) in [7, 11) is 1.29. The van der Waals surface area contributed by atoms with Gasteiger partial charge in [0.15, 0.2) is 0 Å². The average Bonchev–Trinajstić information content (AvgIpc) is 2.38. The lowest BCUT2D eigenvalue weighted by molar-refractivity contribution is 0.0601. The number of hydrogen-bond donors (Lipinski definition) is 1. The zero-order valence-electron chi connectivity index (χ0n) is 9.10. The van der Waals surface area contributed by atoms with Crippen molar-refractivity contribution in [2.45, 2.75) is 0 Å². The quantitative estimate of drug-likeness (QED) is 0.758. The van der Waals surface area contributed by atoms with E-state index in [0.717, 1.165) is 5.39 Å². The lowest BCUT2D eigenvalue weighted by Crippen LogP contribution is -2.00. The topological polar surface area (TPSA) is 70.3 Å². The number of hydrogen-bond acceptors (Lipinski definition) is 4. The van der Waals surface area contributed by atoms with Gasteiger partial charge in [-0.2, -0.15) is 5.26 Å². The van der Waals surface area contributed by atoms with Gasteiger partial charge in [0.1, 0.15) is 11.8 Å². The molecule has 0 atom stereocenters. The van der Waals surface area contributed by atoms with Crippen molar-refractivity contribution in [2.75, 3.05) is 7.11 Å². The number of rotatable bonds is 1. The van der Waals surface area contributed by atoms with Crippen LogP contribution in [-0.2, 0) is 4.74 Å². The zero-order chi connectivity index (χ0) is 12.4. The van der Waals surface area contributed by atoms with Crippen LogP contribution in [0, 0.1) is 11.3 Å². The van der Waals surface area contributed by atoms with E-state index in [9.17, 15) is 9.90 Å². The molecule has 84 valence electrons. The van der Waals surface area contributed by atoms with E-state index in [1.165, 1.54) is 19.2 Å². The first-order valence-corrected chi connectivity index (χ1v) is 4.91. The summed E-state index contributed by atoms with van der Waals surface area (Å²) < 4.78 is 4.60. The molecule has 1 N–H and O–H groups in total. The normalized spacial score (nSPS) is 9.88. The predicted octanol–water partition coefficient (Wildman–Crippen LogP) is 2.20. The Hall–Kier alpha value is -2.54. The number of aromatic hydroxyl groups is 1. The first-order chi connectivity index (χ1) is 8.17. The van der Waals surface area contributed by atoms with Crippen molar-refractivity contribution in [1.82, 2.24) is 0 Å². The molecule has 0 heterocycles. The van der Waals surface area contributed by atoms with Crippen molar-refractivity contribution in [3.8, 4) is 11.8 Å². The van der Waals surface area contributed by atoms with Gasteiger partial charge in [0.05, 0.1) is 18.2 Å². The molecule has 0 aliphatic carbocycles. The van der Waals surface area contributed by atoms with Crippen molar-refractivity contribution in [1.29, 1.82) is 5.26 Å². The molecule has 0 saturated heterocycles. The highest BCUT2D eigenvalue weighted by Crippen LogP contribution is 2.29. The third-order valence-electron chi connectivity index (χ3n) is 2.53. The fourth-order valence-electron chi connectivity index (χ4n) is 1.64.